The largest absolute Gasteiger partial charge is 0.451 e. The SMILES string of the molecule is CO[C@H]1O[C@H](CF)[C@@H](F)[C@H](OC(=O)c2ccccc2)[C@H]1OC(=O)c1ccccc1. The first-order valence-electron chi connectivity index (χ1n) is 8.95. The third-order valence-electron chi connectivity index (χ3n) is 4.46. The fourth-order valence-corrected chi connectivity index (χ4v) is 2.97. The average Bonchev–Trinajstić information content (AvgIpc) is 2.77. The van der Waals surface area contributed by atoms with Crippen LogP contribution in [0.4, 0.5) is 8.78 Å². The van der Waals surface area contributed by atoms with E-state index in [1.807, 2.05) is 0 Å². The highest BCUT2D eigenvalue weighted by atomic mass is 19.1. The van der Waals surface area contributed by atoms with Gasteiger partial charge in [0, 0.05) is 7.11 Å². The van der Waals surface area contributed by atoms with Crippen LogP contribution < -0.4 is 0 Å². The number of halogens is 2. The van der Waals surface area contributed by atoms with Crippen molar-refractivity contribution in [3.63, 3.8) is 0 Å². The van der Waals surface area contributed by atoms with E-state index < -0.39 is 49.4 Å². The molecule has 0 aliphatic carbocycles. The minimum atomic E-state index is -2.06. The zero-order valence-corrected chi connectivity index (χ0v) is 15.6. The summed E-state index contributed by atoms with van der Waals surface area (Å²) in [7, 11) is 1.23. The van der Waals surface area contributed by atoms with Gasteiger partial charge in [-0.05, 0) is 24.3 Å². The molecule has 2 aromatic carbocycles. The molecule has 5 atom stereocenters. The smallest absolute Gasteiger partial charge is 0.338 e. The van der Waals surface area contributed by atoms with Gasteiger partial charge in [0.15, 0.2) is 24.7 Å². The molecule has 29 heavy (non-hydrogen) atoms. The molecular weight excluding hydrogens is 386 g/mol. The predicted octanol–water partition coefficient (Wildman–Crippen LogP) is 3.12. The van der Waals surface area contributed by atoms with Crippen molar-refractivity contribution in [3.05, 3.63) is 71.8 Å². The molecule has 8 heteroatoms. The quantitative estimate of drug-likeness (QED) is 0.687. The van der Waals surface area contributed by atoms with Crippen molar-refractivity contribution >= 4 is 11.9 Å². The molecule has 0 N–H and O–H groups in total. The lowest BCUT2D eigenvalue weighted by Crippen LogP contribution is -2.59. The fourth-order valence-electron chi connectivity index (χ4n) is 2.97. The van der Waals surface area contributed by atoms with E-state index in [2.05, 4.69) is 0 Å². The van der Waals surface area contributed by atoms with Gasteiger partial charge in [-0.2, -0.15) is 0 Å². The van der Waals surface area contributed by atoms with E-state index in [1.165, 1.54) is 31.4 Å². The minimum Gasteiger partial charge on any atom is -0.451 e. The number of benzene rings is 2. The summed E-state index contributed by atoms with van der Waals surface area (Å²) in [4.78, 5) is 24.9. The Morgan fingerprint density at radius 1 is 0.897 bits per heavy atom. The first kappa shape index (κ1) is 20.9. The lowest BCUT2D eigenvalue weighted by Gasteiger charge is -2.41. The van der Waals surface area contributed by atoms with Gasteiger partial charge in [-0.1, -0.05) is 36.4 Å². The number of carbonyl (C=O) groups excluding carboxylic acids is 2. The fraction of sp³-hybridized carbons (Fsp3) is 0.333. The molecule has 0 spiro atoms. The summed E-state index contributed by atoms with van der Waals surface area (Å²) in [5, 5.41) is 0. The third-order valence-corrected chi connectivity index (χ3v) is 4.46. The summed E-state index contributed by atoms with van der Waals surface area (Å²) in [6, 6.07) is 15.9. The monoisotopic (exact) mass is 406 g/mol. The number of methoxy groups -OCH3 is 1. The van der Waals surface area contributed by atoms with E-state index in [0.717, 1.165) is 0 Å². The zero-order valence-electron chi connectivity index (χ0n) is 15.6. The van der Waals surface area contributed by atoms with Crippen LogP contribution in [0.5, 0.6) is 0 Å². The molecule has 1 heterocycles. The van der Waals surface area contributed by atoms with Crippen LogP contribution in [0.3, 0.4) is 0 Å². The molecule has 1 aliphatic heterocycles. The molecule has 0 radical (unpaired) electrons. The summed E-state index contributed by atoms with van der Waals surface area (Å²) in [6.45, 7) is -1.17. The molecule has 6 nitrogen and oxygen atoms in total. The molecule has 1 aliphatic rings. The Morgan fingerprint density at radius 3 is 1.83 bits per heavy atom. The Labute approximate surface area is 166 Å². The van der Waals surface area contributed by atoms with Gasteiger partial charge < -0.3 is 18.9 Å². The van der Waals surface area contributed by atoms with Crippen LogP contribution in [0.25, 0.3) is 0 Å². The molecule has 0 aromatic heterocycles. The Bertz CT molecular complexity index is 816. The standard InChI is InChI=1S/C21H20F2O6/c1-26-21-18(29-20(25)14-10-6-3-7-11-14)17(16(23)15(12-22)27-21)28-19(24)13-8-4-2-5-9-13/h2-11,15-18,21H,12H2,1H3/t15-,16-,17+,18-,21+/m1/s1. The molecular formula is C21H20F2O6. The Morgan fingerprint density at radius 2 is 1.38 bits per heavy atom. The molecule has 0 unspecified atom stereocenters. The number of esters is 2. The van der Waals surface area contributed by atoms with Crippen LogP contribution in [0.1, 0.15) is 20.7 Å². The predicted molar refractivity (Wildman–Crippen MR) is 97.8 cm³/mol. The second-order valence-corrected chi connectivity index (χ2v) is 6.35. The molecule has 1 fully saturated rings. The van der Waals surface area contributed by atoms with E-state index in [0.29, 0.717) is 0 Å². The highest BCUT2D eigenvalue weighted by Gasteiger charge is 2.51. The van der Waals surface area contributed by atoms with Crippen LogP contribution in [0.2, 0.25) is 0 Å². The first-order valence-corrected chi connectivity index (χ1v) is 8.95. The Hall–Kier alpha value is -2.84. The summed E-state index contributed by atoms with van der Waals surface area (Å²) < 4.78 is 49.2. The number of alkyl halides is 2. The van der Waals surface area contributed by atoms with Gasteiger partial charge in [0.1, 0.15) is 12.8 Å². The van der Waals surface area contributed by atoms with Crippen LogP contribution in [0.15, 0.2) is 60.7 Å². The lowest BCUT2D eigenvalue weighted by atomic mass is 10.00. The maximum atomic E-state index is 14.9. The normalized spacial score (nSPS) is 26.5. The van der Waals surface area contributed by atoms with Gasteiger partial charge in [0.05, 0.1) is 11.1 Å². The number of hydrogen-bond acceptors (Lipinski definition) is 6. The van der Waals surface area contributed by atoms with Crippen molar-refractivity contribution in [1.82, 2.24) is 0 Å². The summed E-state index contributed by atoms with van der Waals surface area (Å²) in [6.07, 6.45) is -7.95. The van der Waals surface area contributed by atoms with Crippen molar-refractivity contribution in [2.24, 2.45) is 0 Å². The van der Waals surface area contributed by atoms with Crippen molar-refractivity contribution < 1.29 is 37.3 Å². The molecule has 2 aromatic rings. The summed E-state index contributed by atoms with van der Waals surface area (Å²) in [5.74, 6) is -1.62. The average molecular weight is 406 g/mol. The van der Waals surface area contributed by atoms with E-state index in [4.69, 9.17) is 18.9 Å². The molecule has 154 valence electrons. The Balaban J connectivity index is 1.85. The van der Waals surface area contributed by atoms with E-state index in [1.54, 1.807) is 36.4 Å². The minimum absolute atomic E-state index is 0.171. The molecule has 1 saturated heterocycles. The lowest BCUT2D eigenvalue weighted by molar-refractivity contribution is -0.279. The second-order valence-electron chi connectivity index (χ2n) is 6.35. The highest BCUT2D eigenvalue weighted by molar-refractivity contribution is 5.90. The van der Waals surface area contributed by atoms with Crippen molar-refractivity contribution in [3.8, 4) is 0 Å². The number of carbonyl (C=O) groups is 2. The Kier molecular flexibility index (Phi) is 6.90. The maximum absolute atomic E-state index is 14.9. The van der Waals surface area contributed by atoms with E-state index in [-0.39, 0.29) is 11.1 Å². The zero-order chi connectivity index (χ0) is 20.8. The summed E-state index contributed by atoms with van der Waals surface area (Å²) in [5.41, 5.74) is 0.378. The van der Waals surface area contributed by atoms with Crippen LogP contribution in [-0.2, 0) is 18.9 Å². The van der Waals surface area contributed by atoms with Crippen molar-refractivity contribution in [2.45, 2.75) is 30.8 Å². The van der Waals surface area contributed by atoms with Crippen molar-refractivity contribution in [2.75, 3.05) is 13.8 Å². The highest BCUT2D eigenvalue weighted by Crippen LogP contribution is 2.30. The van der Waals surface area contributed by atoms with Crippen molar-refractivity contribution in [1.29, 1.82) is 0 Å². The number of rotatable bonds is 6. The van der Waals surface area contributed by atoms with Crippen LogP contribution in [-0.4, -0.2) is 56.5 Å². The van der Waals surface area contributed by atoms with Gasteiger partial charge in [-0.3, -0.25) is 0 Å². The first-order chi connectivity index (χ1) is 14.0. The van der Waals surface area contributed by atoms with Gasteiger partial charge in [0.25, 0.3) is 0 Å². The van der Waals surface area contributed by atoms with Gasteiger partial charge in [-0.15, -0.1) is 0 Å². The van der Waals surface area contributed by atoms with Crippen LogP contribution >= 0.6 is 0 Å². The molecule has 0 saturated carbocycles. The number of ether oxygens (including phenoxy) is 4. The van der Waals surface area contributed by atoms with E-state index in [9.17, 15) is 18.4 Å². The maximum Gasteiger partial charge on any atom is 0.338 e. The van der Waals surface area contributed by atoms with Gasteiger partial charge in [-0.25, -0.2) is 18.4 Å². The van der Waals surface area contributed by atoms with E-state index >= 15 is 0 Å². The van der Waals surface area contributed by atoms with Gasteiger partial charge in [0.2, 0.25) is 0 Å². The molecule has 0 amide bonds. The van der Waals surface area contributed by atoms with Gasteiger partial charge >= 0.3 is 11.9 Å². The topological polar surface area (TPSA) is 71.1 Å². The summed E-state index contributed by atoms with van der Waals surface area (Å²) >= 11 is 0. The third kappa shape index (κ3) is 4.78. The molecule has 0 bridgehead atoms. The molecule has 3 rings (SSSR count). The number of hydrogen-bond donors (Lipinski definition) is 0. The second kappa shape index (κ2) is 9.58. The van der Waals surface area contributed by atoms with Crippen LogP contribution in [0, 0.1) is 0 Å².